The van der Waals surface area contributed by atoms with Crippen LogP contribution in [0.2, 0.25) is 0 Å². The second-order valence-electron chi connectivity index (χ2n) is 5.91. The molecular weight excluding hydrogens is 397 g/mol. The summed E-state index contributed by atoms with van der Waals surface area (Å²) in [5.74, 6) is 3.00. The Morgan fingerprint density at radius 2 is 1.97 bits per heavy atom. The van der Waals surface area contributed by atoms with E-state index in [0.717, 1.165) is 4.57 Å². The van der Waals surface area contributed by atoms with Crippen molar-refractivity contribution in [3.05, 3.63) is 10.5 Å². The van der Waals surface area contributed by atoms with Crippen molar-refractivity contribution in [1.29, 1.82) is 0 Å². The average Bonchev–Trinajstić information content (AvgIpc) is 2.96. The predicted octanol–water partition coefficient (Wildman–Crippen LogP) is -0.448. The molecule has 0 spiro atoms. The Kier molecular flexibility index (Phi) is 5.64. The van der Waals surface area contributed by atoms with Crippen molar-refractivity contribution in [2.45, 2.75) is 19.6 Å². The molecule has 0 saturated carbocycles. The number of rotatable bonds is 4. The van der Waals surface area contributed by atoms with Crippen LogP contribution in [0, 0.1) is 11.8 Å². The van der Waals surface area contributed by atoms with Crippen LogP contribution in [0.3, 0.4) is 0 Å². The lowest BCUT2D eigenvalue weighted by Crippen LogP contribution is -2.44. The Balaban J connectivity index is 2.27. The van der Waals surface area contributed by atoms with Gasteiger partial charge in [0.1, 0.15) is 5.52 Å². The number of imidazole rings is 1. The summed E-state index contributed by atoms with van der Waals surface area (Å²) in [6.07, 6.45) is -5.30. The van der Waals surface area contributed by atoms with Crippen LogP contribution in [0.25, 0.3) is 11.2 Å². The van der Waals surface area contributed by atoms with E-state index in [1.807, 2.05) is 4.90 Å². The van der Waals surface area contributed by atoms with E-state index in [2.05, 4.69) is 32.0 Å². The Morgan fingerprint density at radius 1 is 1.28 bits per heavy atom. The molecule has 0 amide bonds. The SMILES string of the molecule is CC#CCn1c(=O)n(OC(=O)C(F)(F)F)c2nc(OC)nc(N3CCNCC3)c21. The van der Waals surface area contributed by atoms with Crippen LogP contribution >= 0.6 is 0 Å². The van der Waals surface area contributed by atoms with Gasteiger partial charge in [-0.15, -0.1) is 5.92 Å². The summed E-state index contributed by atoms with van der Waals surface area (Å²) in [5, 5.41) is 3.16. The first kappa shape index (κ1) is 20.5. The number of fused-ring (bicyclic) bond motifs is 1. The second kappa shape index (κ2) is 8.00. The van der Waals surface area contributed by atoms with E-state index in [1.165, 1.54) is 7.11 Å². The van der Waals surface area contributed by atoms with Gasteiger partial charge in [0, 0.05) is 26.2 Å². The Morgan fingerprint density at radius 3 is 2.55 bits per heavy atom. The number of hydrogen-bond donors (Lipinski definition) is 1. The van der Waals surface area contributed by atoms with Crippen molar-refractivity contribution in [2.24, 2.45) is 0 Å². The maximum absolute atomic E-state index is 12.8. The highest BCUT2D eigenvalue weighted by molar-refractivity contribution is 5.86. The van der Waals surface area contributed by atoms with Crippen molar-refractivity contribution in [3.8, 4) is 17.9 Å². The van der Waals surface area contributed by atoms with Gasteiger partial charge in [0.25, 0.3) is 0 Å². The first-order valence-electron chi connectivity index (χ1n) is 8.50. The number of carbonyl (C=O) groups is 1. The summed E-state index contributed by atoms with van der Waals surface area (Å²) in [6.45, 7) is 3.71. The third kappa shape index (κ3) is 3.97. The normalized spacial score (nSPS) is 14.4. The molecule has 1 N–H and O–H groups in total. The number of piperazine rings is 1. The van der Waals surface area contributed by atoms with Crippen molar-refractivity contribution in [2.75, 3.05) is 38.2 Å². The lowest BCUT2D eigenvalue weighted by atomic mass is 10.3. The zero-order chi connectivity index (χ0) is 21.2. The van der Waals surface area contributed by atoms with E-state index in [9.17, 15) is 22.8 Å². The molecule has 1 saturated heterocycles. The summed E-state index contributed by atoms with van der Waals surface area (Å²) >= 11 is 0. The minimum atomic E-state index is -5.30. The fraction of sp³-hybridized carbons (Fsp3) is 0.500. The minimum absolute atomic E-state index is 0.0930. The second-order valence-corrected chi connectivity index (χ2v) is 5.91. The van der Waals surface area contributed by atoms with Gasteiger partial charge in [0.15, 0.2) is 5.82 Å². The minimum Gasteiger partial charge on any atom is -0.467 e. The molecule has 1 aliphatic rings. The number of ether oxygens (including phenoxy) is 1. The molecule has 156 valence electrons. The molecule has 0 aromatic carbocycles. The third-order valence-electron chi connectivity index (χ3n) is 4.11. The highest BCUT2D eigenvalue weighted by atomic mass is 19.4. The molecule has 0 unspecified atom stereocenters. The lowest BCUT2D eigenvalue weighted by molar-refractivity contribution is -0.199. The van der Waals surface area contributed by atoms with Crippen LogP contribution in [0.5, 0.6) is 6.01 Å². The number of carbonyl (C=O) groups excluding carboxylic acids is 1. The van der Waals surface area contributed by atoms with E-state index >= 15 is 0 Å². The fourth-order valence-electron chi connectivity index (χ4n) is 2.80. The van der Waals surface area contributed by atoms with Gasteiger partial charge in [0.2, 0.25) is 5.65 Å². The number of nitrogens with one attached hydrogen (secondary N) is 1. The predicted molar refractivity (Wildman–Crippen MR) is 94.5 cm³/mol. The number of nitrogens with zero attached hydrogens (tertiary/aromatic N) is 5. The lowest BCUT2D eigenvalue weighted by Gasteiger charge is -2.28. The zero-order valence-electron chi connectivity index (χ0n) is 15.5. The van der Waals surface area contributed by atoms with E-state index in [1.54, 1.807) is 6.92 Å². The molecule has 2 aromatic rings. The average molecular weight is 414 g/mol. The first-order valence-corrected chi connectivity index (χ1v) is 8.50. The molecule has 0 bridgehead atoms. The largest absolute Gasteiger partial charge is 0.493 e. The van der Waals surface area contributed by atoms with Crippen LogP contribution in [-0.4, -0.2) is 64.7 Å². The van der Waals surface area contributed by atoms with Gasteiger partial charge in [0.05, 0.1) is 13.7 Å². The molecule has 2 aromatic heterocycles. The third-order valence-corrected chi connectivity index (χ3v) is 4.11. The standard InChI is InChI=1S/C16H17F3N6O4/c1-3-4-7-24-10-11(23-8-5-20-6-9-23)21-14(28-2)22-12(10)25(15(24)27)29-13(26)16(17,18)19/h20H,5-9H2,1-2H3. The van der Waals surface area contributed by atoms with Gasteiger partial charge >= 0.3 is 23.8 Å². The Bertz CT molecular complexity index is 1040. The molecule has 13 heteroatoms. The van der Waals surface area contributed by atoms with Crippen molar-refractivity contribution in [1.82, 2.24) is 24.6 Å². The van der Waals surface area contributed by atoms with Crippen LogP contribution < -0.4 is 25.5 Å². The van der Waals surface area contributed by atoms with Crippen LogP contribution in [-0.2, 0) is 11.3 Å². The monoisotopic (exact) mass is 414 g/mol. The number of alkyl halides is 3. The number of anilines is 1. The smallest absolute Gasteiger partial charge is 0.467 e. The topological polar surface area (TPSA) is 104 Å². The summed E-state index contributed by atoms with van der Waals surface area (Å²) in [7, 11) is 1.27. The molecule has 0 aliphatic carbocycles. The van der Waals surface area contributed by atoms with E-state index < -0.39 is 17.8 Å². The van der Waals surface area contributed by atoms with Crippen LogP contribution in [0.15, 0.2) is 4.79 Å². The van der Waals surface area contributed by atoms with E-state index in [-0.39, 0.29) is 34.3 Å². The number of methoxy groups -OCH3 is 1. The van der Waals surface area contributed by atoms with Crippen molar-refractivity contribution < 1.29 is 27.5 Å². The van der Waals surface area contributed by atoms with E-state index in [0.29, 0.717) is 26.2 Å². The van der Waals surface area contributed by atoms with Gasteiger partial charge in [-0.25, -0.2) is 9.59 Å². The molecule has 1 aliphatic heterocycles. The van der Waals surface area contributed by atoms with Gasteiger partial charge in [-0.3, -0.25) is 4.57 Å². The molecular formula is C16H17F3N6O4. The van der Waals surface area contributed by atoms with Crippen molar-refractivity contribution in [3.63, 3.8) is 0 Å². The van der Waals surface area contributed by atoms with Crippen LogP contribution in [0.4, 0.5) is 19.0 Å². The summed E-state index contributed by atoms with van der Waals surface area (Å²) in [4.78, 5) is 38.5. The maximum Gasteiger partial charge on any atom is 0.493 e. The Hall–Kier alpha value is -3.27. The van der Waals surface area contributed by atoms with Crippen molar-refractivity contribution >= 4 is 23.0 Å². The molecule has 29 heavy (non-hydrogen) atoms. The van der Waals surface area contributed by atoms with Gasteiger partial charge in [-0.2, -0.15) is 23.1 Å². The summed E-state index contributed by atoms with van der Waals surface area (Å²) in [5.41, 5.74) is -1.28. The van der Waals surface area contributed by atoms with Gasteiger partial charge in [-0.05, 0) is 6.92 Å². The number of hydrogen-bond acceptors (Lipinski definition) is 8. The molecule has 10 nitrogen and oxygen atoms in total. The Labute approximate surface area is 162 Å². The molecule has 0 atom stereocenters. The molecule has 3 heterocycles. The van der Waals surface area contributed by atoms with E-state index in [4.69, 9.17) is 4.74 Å². The molecule has 0 radical (unpaired) electrons. The maximum atomic E-state index is 12.8. The zero-order valence-corrected chi connectivity index (χ0v) is 15.5. The molecule has 3 rings (SSSR count). The molecule has 1 fully saturated rings. The summed E-state index contributed by atoms with van der Waals surface area (Å²) in [6, 6.07) is -0.193. The van der Waals surface area contributed by atoms with Gasteiger partial charge in [-0.1, -0.05) is 10.7 Å². The number of halogens is 3. The quantitative estimate of drug-likeness (QED) is 0.672. The van der Waals surface area contributed by atoms with Crippen LogP contribution in [0.1, 0.15) is 6.92 Å². The fourth-order valence-corrected chi connectivity index (χ4v) is 2.80. The highest BCUT2D eigenvalue weighted by Gasteiger charge is 2.43. The van der Waals surface area contributed by atoms with Gasteiger partial charge < -0.3 is 19.8 Å². The summed E-state index contributed by atoms with van der Waals surface area (Å²) < 4.78 is 44.4. The highest BCUT2D eigenvalue weighted by Crippen LogP contribution is 2.26. The first-order chi connectivity index (χ1) is 13.8. The number of aromatic nitrogens is 4.